The molecular formula is C19H18F2O5. The number of ether oxygens (including phenoxy) is 4. The Kier molecular flexibility index (Phi) is 6.54. The normalized spacial score (nSPS) is 10.8. The summed E-state index contributed by atoms with van der Waals surface area (Å²) in [6.45, 7) is -2.98. The third kappa shape index (κ3) is 4.72. The molecular weight excluding hydrogens is 346 g/mol. The van der Waals surface area contributed by atoms with Crippen molar-refractivity contribution in [2.45, 2.75) is 6.61 Å². The first-order valence-electron chi connectivity index (χ1n) is 7.55. The molecule has 0 amide bonds. The second kappa shape index (κ2) is 8.84. The van der Waals surface area contributed by atoms with Gasteiger partial charge in [0, 0.05) is 6.07 Å². The number of hydrogen-bond donors (Lipinski definition) is 0. The van der Waals surface area contributed by atoms with Gasteiger partial charge in [0.25, 0.3) is 0 Å². The summed E-state index contributed by atoms with van der Waals surface area (Å²) in [6.07, 6.45) is 2.81. The number of carbonyl (C=O) groups is 1. The molecule has 0 radical (unpaired) electrons. The summed E-state index contributed by atoms with van der Waals surface area (Å²) in [5.74, 6) is 0.683. The fourth-order valence-corrected chi connectivity index (χ4v) is 2.25. The van der Waals surface area contributed by atoms with Gasteiger partial charge >= 0.3 is 6.61 Å². The van der Waals surface area contributed by atoms with Gasteiger partial charge in [-0.15, -0.1) is 0 Å². The molecule has 7 heteroatoms. The van der Waals surface area contributed by atoms with Gasteiger partial charge < -0.3 is 18.9 Å². The van der Waals surface area contributed by atoms with Crippen LogP contribution in [-0.2, 0) is 0 Å². The van der Waals surface area contributed by atoms with E-state index < -0.39 is 6.61 Å². The summed E-state index contributed by atoms with van der Waals surface area (Å²) in [6, 6.07) is 9.29. The van der Waals surface area contributed by atoms with E-state index in [2.05, 4.69) is 4.74 Å². The minimum absolute atomic E-state index is 0.112. The third-order valence-corrected chi connectivity index (χ3v) is 3.51. The van der Waals surface area contributed by atoms with Crippen molar-refractivity contribution in [2.75, 3.05) is 21.3 Å². The molecule has 138 valence electrons. The highest BCUT2D eigenvalue weighted by Gasteiger charge is 2.12. The van der Waals surface area contributed by atoms with Gasteiger partial charge in [-0.3, -0.25) is 4.79 Å². The number of rotatable bonds is 8. The van der Waals surface area contributed by atoms with Crippen molar-refractivity contribution in [3.63, 3.8) is 0 Å². The molecule has 0 fully saturated rings. The minimum Gasteiger partial charge on any atom is -0.497 e. The Morgan fingerprint density at radius 1 is 0.923 bits per heavy atom. The monoisotopic (exact) mass is 364 g/mol. The zero-order valence-electron chi connectivity index (χ0n) is 14.5. The lowest BCUT2D eigenvalue weighted by Crippen LogP contribution is -2.03. The van der Waals surface area contributed by atoms with E-state index in [1.807, 2.05) is 0 Å². The summed E-state index contributed by atoms with van der Waals surface area (Å²) in [4.78, 5) is 12.4. The topological polar surface area (TPSA) is 54.0 Å². The van der Waals surface area contributed by atoms with E-state index in [1.54, 1.807) is 24.3 Å². The average molecular weight is 364 g/mol. The Morgan fingerprint density at radius 3 is 2.27 bits per heavy atom. The average Bonchev–Trinajstić information content (AvgIpc) is 2.65. The lowest BCUT2D eigenvalue weighted by Gasteiger charge is -2.10. The van der Waals surface area contributed by atoms with Gasteiger partial charge in [-0.1, -0.05) is 12.1 Å². The SMILES string of the molecule is COc1ccc(C(=O)/C=C/c2ccc(OC)c(OC(F)F)c2)c(OC)c1. The number of ketones is 1. The number of carbonyl (C=O) groups excluding carboxylic acids is 1. The lowest BCUT2D eigenvalue weighted by molar-refractivity contribution is -0.0512. The Morgan fingerprint density at radius 2 is 1.65 bits per heavy atom. The standard InChI is InChI=1S/C19H18F2O5/c1-23-13-6-7-14(17(11-13)25-3)15(22)8-4-12-5-9-16(24-2)18(10-12)26-19(20)21/h4-11,19H,1-3H3/b8-4+. The maximum atomic E-state index is 12.5. The number of benzene rings is 2. The van der Waals surface area contributed by atoms with Crippen LogP contribution < -0.4 is 18.9 Å². The number of methoxy groups -OCH3 is 3. The fraction of sp³-hybridized carbons (Fsp3) is 0.211. The van der Waals surface area contributed by atoms with Crippen LogP contribution in [0.5, 0.6) is 23.0 Å². The van der Waals surface area contributed by atoms with Crippen LogP contribution in [0.15, 0.2) is 42.5 Å². The van der Waals surface area contributed by atoms with Crippen molar-refractivity contribution in [3.05, 3.63) is 53.6 Å². The van der Waals surface area contributed by atoms with Gasteiger partial charge in [0.05, 0.1) is 26.9 Å². The molecule has 0 atom stereocenters. The van der Waals surface area contributed by atoms with Crippen LogP contribution in [0.4, 0.5) is 8.78 Å². The molecule has 2 rings (SSSR count). The summed E-state index contributed by atoms with van der Waals surface area (Å²) in [5.41, 5.74) is 0.851. The van der Waals surface area contributed by atoms with Gasteiger partial charge in [0.2, 0.25) is 0 Å². The molecule has 2 aromatic carbocycles. The van der Waals surface area contributed by atoms with E-state index in [4.69, 9.17) is 14.2 Å². The van der Waals surface area contributed by atoms with Crippen LogP contribution >= 0.6 is 0 Å². The highest BCUT2D eigenvalue weighted by Crippen LogP contribution is 2.30. The fourth-order valence-electron chi connectivity index (χ4n) is 2.25. The molecule has 5 nitrogen and oxygen atoms in total. The van der Waals surface area contributed by atoms with Gasteiger partial charge in [-0.2, -0.15) is 8.78 Å². The summed E-state index contributed by atoms with van der Waals surface area (Å²) in [5, 5.41) is 0. The van der Waals surface area contributed by atoms with E-state index in [1.165, 1.54) is 45.6 Å². The Labute approximate surface area is 149 Å². The van der Waals surface area contributed by atoms with Gasteiger partial charge in [-0.05, 0) is 35.9 Å². The molecule has 2 aromatic rings. The van der Waals surface area contributed by atoms with Crippen molar-refractivity contribution >= 4 is 11.9 Å². The van der Waals surface area contributed by atoms with Crippen LogP contribution in [0.3, 0.4) is 0 Å². The molecule has 0 saturated heterocycles. The first kappa shape index (κ1) is 19.2. The van der Waals surface area contributed by atoms with Crippen LogP contribution in [0.2, 0.25) is 0 Å². The van der Waals surface area contributed by atoms with Crippen molar-refractivity contribution in [1.29, 1.82) is 0 Å². The molecule has 0 unspecified atom stereocenters. The molecule has 0 spiro atoms. The van der Waals surface area contributed by atoms with Crippen LogP contribution in [0.25, 0.3) is 6.08 Å². The molecule has 0 aliphatic carbocycles. The van der Waals surface area contributed by atoms with Crippen LogP contribution in [0.1, 0.15) is 15.9 Å². The summed E-state index contributed by atoms with van der Waals surface area (Å²) < 4.78 is 44.6. The van der Waals surface area contributed by atoms with E-state index in [0.29, 0.717) is 22.6 Å². The van der Waals surface area contributed by atoms with Crippen LogP contribution in [-0.4, -0.2) is 33.7 Å². The van der Waals surface area contributed by atoms with Crippen molar-refractivity contribution in [1.82, 2.24) is 0 Å². The maximum Gasteiger partial charge on any atom is 0.387 e. The zero-order chi connectivity index (χ0) is 19.1. The van der Waals surface area contributed by atoms with Crippen LogP contribution in [0, 0.1) is 0 Å². The maximum absolute atomic E-state index is 12.5. The second-order valence-electron chi connectivity index (χ2n) is 5.05. The summed E-state index contributed by atoms with van der Waals surface area (Å²) in [7, 11) is 4.31. The highest BCUT2D eigenvalue weighted by molar-refractivity contribution is 6.08. The first-order chi connectivity index (χ1) is 12.5. The van der Waals surface area contributed by atoms with E-state index >= 15 is 0 Å². The van der Waals surface area contributed by atoms with E-state index in [9.17, 15) is 13.6 Å². The molecule has 0 N–H and O–H groups in total. The van der Waals surface area contributed by atoms with Crippen molar-refractivity contribution < 1.29 is 32.5 Å². The van der Waals surface area contributed by atoms with E-state index in [-0.39, 0.29) is 17.3 Å². The van der Waals surface area contributed by atoms with Gasteiger partial charge in [-0.25, -0.2) is 0 Å². The number of alkyl halides is 2. The molecule has 0 saturated carbocycles. The highest BCUT2D eigenvalue weighted by atomic mass is 19.3. The predicted octanol–water partition coefficient (Wildman–Crippen LogP) is 4.21. The minimum atomic E-state index is -2.98. The molecule has 0 aliphatic rings. The zero-order valence-corrected chi connectivity index (χ0v) is 14.5. The molecule has 0 aromatic heterocycles. The second-order valence-corrected chi connectivity index (χ2v) is 5.05. The Balaban J connectivity index is 2.25. The number of allylic oxidation sites excluding steroid dienone is 1. The largest absolute Gasteiger partial charge is 0.497 e. The van der Waals surface area contributed by atoms with E-state index in [0.717, 1.165) is 0 Å². The summed E-state index contributed by atoms with van der Waals surface area (Å²) >= 11 is 0. The van der Waals surface area contributed by atoms with Gasteiger partial charge in [0.1, 0.15) is 11.5 Å². The smallest absolute Gasteiger partial charge is 0.387 e. The van der Waals surface area contributed by atoms with Gasteiger partial charge in [0.15, 0.2) is 17.3 Å². The molecule has 0 aliphatic heterocycles. The number of hydrogen-bond acceptors (Lipinski definition) is 5. The molecule has 0 heterocycles. The quantitative estimate of drug-likeness (QED) is 0.519. The van der Waals surface area contributed by atoms with Crippen molar-refractivity contribution in [2.24, 2.45) is 0 Å². The molecule has 0 bridgehead atoms. The lowest BCUT2D eigenvalue weighted by atomic mass is 10.1. The predicted molar refractivity (Wildman–Crippen MR) is 92.5 cm³/mol. The molecule has 26 heavy (non-hydrogen) atoms. The number of halogens is 2. The Bertz CT molecular complexity index is 803. The third-order valence-electron chi connectivity index (χ3n) is 3.51. The Hall–Kier alpha value is -3.09. The van der Waals surface area contributed by atoms with Crippen molar-refractivity contribution in [3.8, 4) is 23.0 Å². The first-order valence-corrected chi connectivity index (χ1v) is 7.55.